The van der Waals surface area contributed by atoms with Crippen molar-refractivity contribution in [2.75, 3.05) is 19.6 Å². The van der Waals surface area contributed by atoms with Crippen LogP contribution in [0.5, 0.6) is 0 Å². The van der Waals surface area contributed by atoms with Gasteiger partial charge < -0.3 is 4.90 Å². The third kappa shape index (κ3) is 37.2. The van der Waals surface area contributed by atoms with Crippen LogP contribution in [0.15, 0.2) is 36.4 Å². The van der Waals surface area contributed by atoms with E-state index < -0.39 is 11.1 Å². The number of hydrogen-bond donors (Lipinski definition) is 0. The van der Waals surface area contributed by atoms with Crippen molar-refractivity contribution in [3.8, 4) is 0 Å². The molecular formula is C115H196N4O8. The van der Waals surface area contributed by atoms with E-state index in [9.17, 15) is 33.6 Å². The van der Waals surface area contributed by atoms with Gasteiger partial charge in [-0.3, -0.25) is 53.1 Å². The highest BCUT2D eigenvalue weighted by atomic mass is 16.2. The fraction of sp³-hybridized carbons (Fsp3) is 0.843. The van der Waals surface area contributed by atoms with Crippen LogP contribution < -0.4 is 0 Å². The van der Waals surface area contributed by atoms with Gasteiger partial charge >= 0.3 is 0 Å². The monoisotopic (exact) mass is 1760 g/mol. The number of carbonyl (C=O) groups excluding carboxylic acids is 8. The lowest BCUT2D eigenvalue weighted by molar-refractivity contribution is -0.144. The van der Waals surface area contributed by atoms with Crippen molar-refractivity contribution in [3.05, 3.63) is 58.7 Å². The zero-order valence-corrected chi connectivity index (χ0v) is 84.5. The molecule has 1 aromatic carbocycles. The highest BCUT2D eigenvalue weighted by molar-refractivity contribution is 6.24. The van der Waals surface area contributed by atoms with Crippen LogP contribution in [0, 0.1) is 65.1 Å². The number of fused-ring (bicyclic) bond motifs is 2. The summed E-state index contributed by atoms with van der Waals surface area (Å²) in [5.74, 6) is 6.93. The Hall–Kier alpha value is -4.74. The summed E-state index contributed by atoms with van der Waals surface area (Å²) >= 11 is 0. The Balaban J connectivity index is 0.933. The summed E-state index contributed by atoms with van der Waals surface area (Å²) < 4.78 is 0. The van der Waals surface area contributed by atoms with Crippen LogP contribution in [0.2, 0.25) is 0 Å². The lowest BCUT2D eigenvalue weighted by Crippen LogP contribution is -2.55. The van der Waals surface area contributed by atoms with Gasteiger partial charge in [-0.15, -0.1) is 0 Å². The number of carbonyl (C=O) groups is 8. The Kier molecular flexibility index (Phi) is 53.9. The predicted molar refractivity (Wildman–Crippen MR) is 533 cm³/mol. The maximum absolute atomic E-state index is 15.5. The molecular weight excluding hydrogens is 1570 g/mol. The van der Waals surface area contributed by atoms with Gasteiger partial charge in [-0.1, -0.05) is 422 Å². The van der Waals surface area contributed by atoms with E-state index in [-0.39, 0.29) is 64.8 Å². The van der Waals surface area contributed by atoms with E-state index in [4.69, 9.17) is 0 Å². The summed E-state index contributed by atoms with van der Waals surface area (Å²) in [7, 11) is 0. The Labute approximate surface area is 780 Å². The first-order chi connectivity index (χ1) is 61.7. The van der Waals surface area contributed by atoms with Gasteiger partial charge in [-0.05, 0) is 181 Å². The molecule has 12 atom stereocenters. The maximum Gasteiger partial charge on any atom is 0.261 e. The summed E-state index contributed by atoms with van der Waals surface area (Å²) in [6.07, 6.45) is 92.3. The number of Topliss-reactive ketones (excluding diaryl/α,β-unsaturated/α-hetero) is 1. The maximum atomic E-state index is 15.5. The van der Waals surface area contributed by atoms with Crippen molar-refractivity contribution >= 4 is 47.1 Å². The molecule has 0 bridgehead atoms. The first-order valence-corrected chi connectivity index (χ1v) is 55.7. The van der Waals surface area contributed by atoms with Crippen molar-refractivity contribution < 1.29 is 38.4 Å². The SMILES string of the molecule is CCCCCCCCC1C(CCCCCC)CCC(CCCCCCCCC(C)(CCCCCC)N2C(=O)C=CC2=O)C1CCCCCCCCN1C(=O)c2cc3c(cc2C1=O)C(=O)N(C(C)(CCCCCCC(C)C(C)C)CC(CCC)CCCCCCC1CCC(CCCCCC)C(CCCCCCCC)C1CCCCCCCCN1C(=O)C=CC1=O)CC3=O. The normalized spacial score (nSPS) is 21.7. The molecule has 7 rings (SSSR count). The molecule has 12 heteroatoms. The fourth-order valence-corrected chi connectivity index (χ4v) is 24.9. The molecule has 12 nitrogen and oxygen atoms in total. The number of rotatable bonds is 77. The number of unbranched alkanes of at least 4 members (excludes halogenated alkanes) is 40. The molecule has 724 valence electrons. The van der Waals surface area contributed by atoms with Gasteiger partial charge in [0.1, 0.15) is 0 Å². The first-order valence-electron chi connectivity index (χ1n) is 55.7. The molecule has 0 aromatic heterocycles. The molecule has 0 spiro atoms. The van der Waals surface area contributed by atoms with Crippen LogP contribution in [0.4, 0.5) is 0 Å². The van der Waals surface area contributed by atoms with E-state index >= 15 is 4.79 Å². The van der Waals surface area contributed by atoms with Gasteiger partial charge in [0.05, 0.1) is 23.2 Å². The second-order valence-electron chi connectivity index (χ2n) is 43.5. The van der Waals surface area contributed by atoms with Gasteiger partial charge in [0.25, 0.3) is 41.4 Å². The topological polar surface area (TPSA) is 150 Å². The molecule has 0 saturated heterocycles. The number of amides is 7. The summed E-state index contributed by atoms with van der Waals surface area (Å²) in [4.78, 5) is 116. The molecule has 7 amide bonds. The number of ketones is 1. The van der Waals surface area contributed by atoms with Crippen molar-refractivity contribution in [1.82, 2.24) is 19.6 Å². The Morgan fingerprint density at radius 2 is 0.598 bits per heavy atom. The Morgan fingerprint density at radius 1 is 0.299 bits per heavy atom. The van der Waals surface area contributed by atoms with E-state index in [0.717, 1.165) is 176 Å². The summed E-state index contributed by atoms with van der Waals surface area (Å²) in [5, 5.41) is 0. The highest BCUT2D eigenvalue weighted by Crippen LogP contribution is 2.51. The van der Waals surface area contributed by atoms with Crippen molar-refractivity contribution in [2.45, 2.75) is 537 Å². The lowest BCUT2D eigenvalue weighted by Gasteiger charge is -2.45. The van der Waals surface area contributed by atoms with Crippen molar-refractivity contribution in [3.63, 3.8) is 0 Å². The van der Waals surface area contributed by atoms with Crippen LogP contribution in [0.25, 0.3) is 0 Å². The smallest absolute Gasteiger partial charge is 0.261 e. The minimum absolute atomic E-state index is 0.00294. The largest absolute Gasteiger partial charge is 0.326 e. The molecule has 4 aliphatic heterocycles. The van der Waals surface area contributed by atoms with Gasteiger partial charge in [0.15, 0.2) is 5.78 Å². The van der Waals surface area contributed by atoms with Gasteiger partial charge in [-0.25, -0.2) is 0 Å². The molecule has 6 aliphatic rings. The zero-order valence-electron chi connectivity index (χ0n) is 84.5. The van der Waals surface area contributed by atoms with Crippen LogP contribution in [0.3, 0.4) is 0 Å². The van der Waals surface area contributed by atoms with Gasteiger partial charge in [-0.2, -0.15) is 0 Å². The average molecular weight is 1760 g/mol. The van der Waals surface area contributed by atoms with E-state index in [0.29, 0.717) is 42.0 Å². The minimum atomic E-state index is -0.544. The second kappa shape index (κ2) is 62.7. The molecule has 0 radical (unpaired) electrons. The Morgan fingerprint density at radius 3 is 0.984 bits per heavy atom. The molecule has 1 aromatic rings. The molecule has 12 unspecified atom stereocenters. The van der Waals surface area contributed by atoms with Gasteiger partial charge in [0, 0.05) is 54.0 Å². The molecule has 0 N–H and O–H groups in total. The van der Waals surface area contributed by atoms with Gasteiger partial charge in [0.2, 0.25) is 0 Å². The summed E-state index contributed by atoms with van der Waals surface area (Å²) in [6, 6.07) is 3.27. The number of benzene rings is 1. The van der Waals surface area contributed by atoms with Crippen molar-refractivity contribution in [1.29, 1.82) is 0 Å². The van der Waals surface area contributed by atoms with E-state index in [2.05, 4.69) is 76.2 Å². The zero-order chi connectivity index (χ0) is 91.4. The lowest BCUT2D eigenvalue weighted by atomic mass is 9.61. The Bertz CT molecular complexity index is 3320. The average Bonchev–Trinajstić information content (AvgIpc) is 0.979. The summed E-state index contributed by atoms with van der Waals surface area (Å²) in [5.41, 5.74) is 0.207. The molecule has 127 heavy (non-hydrogen) atoms. The number of imide groups is 3. The number of nitrogens with zero attached hydrogens (tertiary/aromatic N) is 4. The van der Waals surface area contributed by atoms with Crippen LogP contribution in [-0.4, -0.2) is 97.4 Å². The number of hydrogen-bond acceptors (Lipinski definition) is 8. The van der Waals surface area contributed by atoms with Crippen LogP contribution >= 0.6 is 0 Å². The summed E-state index contributed by atoms with van der Waals surface area (Å²) in [6.45, 7) is 26.2. The standard InChI is InChI=1S/C115H196N4O8/c1-12-18-23-28-37-54-70-98-94(66-50-25-20-14-3)74-76-96(68-52-36-30-33-44-59-83-114(10,82-58-27-22-16-5)119-109(123)80-81-110(119)124)100(98)72-57-40-32-35-47-62-86-117-111(125)104-87-102-103(88-105(104)112(117)126)113(127)118(90-106(102)120)115(11,84-60-45-43-48-64-92(9)91(7)8)89-93(63-17-6)65-49-41-42-53-69-97-77-75-95(67-51-26-21-15-4)99(71-55-38-29-24-19-13-2)101(97)73-56-39-31-34-46-61-85-116-107(121)78-79-108(116)122/h78-81,87-88,91-101H,12-77,82-86,89-90H2,1-11H3. The van der Waals surface area contributed by atoms with Crippen molar-refractivity contribution in [2.24, 2.45) is 65.1 Å². The molecule has 2 aliphatic carbocycles. The third-order valence-corrected chi connectivity index (χ3v) is 33.1. The van der Waals surface area contributed by atoms with Crippen LogP contribution in [-0.2, 0) is 19.2 Å². The first kappa shape index (κ1) is 109. The molecule has 2 saturated carbocycles. The minimum Gasteiger partial charge on any atom is -0.326 e. The highest BCUT2D eigenvalue weighted by Gasteiger charge is 2.47. The van der Waals surface area contributed by atoms with Crippen LogP contribution in [0.1, 0.15) is 567 Å². The fourth-order valence-electron chi connectivity index (χ4n) is 24.9. The van der Waals surface area contributed by atoms with E-state index in [1.165, 1.54) is 355 Å². The molecule has 4 heterocycles. The third-order valence-electron chi connectivity index (χ3n) is 33.1. The van der Waals surface area contributed by atoms with E-state index in [1.807, 2.05) is 4.90 Å². The quantitative estimate of drug-likeness (QED) is 0.0462. The predicted octanol–water partition coefficient (Wildman–Crippen LogP) is 32.6. The molecule has 2 fully saturated rings. The second-order valence-corrected chi connectivity index (χ2v) is 43.5. The van der Waals surface area contributed by atoms with E-state index in [1.54, 1.807) is 17.0 Å².